The van der Waals surface area contributed by atoms with Crippen molar-refractivity contribution in [2.75, 3.05) is 5.32 Å². The van der Waals surface area contributed by atoms with Gasteiger partial charge in [0.25, 0.3) is 11.6 Å². The normalized spacial score (nSPS) is 10.9. The molecule has 0 atom stereocenters. The molecule has 0 bridgehead atoms. The fourth-order valence-electron chi connectivity index (χ4n) is 3.04. The number of aryl methyl sites for hydroxylation is 2. The van der Waals surface area contributed by atoms with E-state index in [0.717, 1.165) is 22.5 Å². The van der Waals surface area contributed by atoms with Crippen LogP contribution in [0.1, 0.15) is 23.0 Å². The van der Waals surface area contributed by atoms with Gasteiger partial charge in [-0.1, -0.05) is 11.6 Å². The number of non-ortho nitro benzene ring substituents is 1. The lowest BCUT2D eigenvalue weighted by atomic mass is 10.1. The fourth-order valence-corrected chi connectivity index (χ4v) is 3.21. The zero-order chi connectivity index (χ0) is 19.0. The quantitative estimate of drug-likeness (QED) is 0.400. The van der Waals surface area contributed by atoms with Gasteiger partial charge in [0.2, 0.25) is 0 Å². The van der Waals surface area contributed by atoms with E-state index in [2.05, 4.69) is 5.32 Å². The van der Waals surface area contributed by atoms with E-state index in [1.54, 1.807) is 12.1 Å². The molecule has 0 radical (unpaired) electrons. The molecule has 7 nitrogen and oxygen atoms in total. The number of hydrogen-bond acceptors (Lipinski definition) is 4. The minimum Gasteiger partial charge on any atom is -0.506 e. The second-order valence-electron chi connectivity index (χ2n) is 5.79. The topological polar surface area (TPSA) is 97.4 Å². The summed E-state index contributed by atoms with van der Waals surface area (Å²) in [5.74, 6) is -0.712. The van der Waals surface area contributed by atoms with Gasteiger partial charge in [-0.3, -0.25) is 14.9 Å². The molecule has 1 heterocycles. The van der Waals surface area contributed by atoms with Crippen LogP contribution in [0.15, 0.2) is 36.4 Å². The number of phenols is 1. The molecule has 2 aromatic carbocycles. The molecule has 0 aliphatic rings. The van der Waals surface area contributed by atoms with Crippen molar-refractivity contribution in [3.8, 4) is 5.75 Å². The first kappa shape index (κ1) is 17.8. The molecule has 0 spiro atoms. The van der Waals surface area contributed by atoms with E-state index >= 15 is 0 Å². The second kappa shape index (κ2) is 6.68. The van der Waals surface area contributed by atoms with Gasteiger partial charge in [-0.25, -0.2) is 0 Å². The van der Waals surface area contributed by atoms with Gasteiger partial charge in [0.15, 0.2) is 0 Å². The number of carbonyl (C=O) groups is 1. The third kappa shape index (κ3) is 2.97. The molecule has 1 amide bonds. The molecule has 0 saturated heterocycles. The smallest absolute Gasteiger partial charge is 0.272 e. The molecule has 1 aromatic heterocycles. The Labute approximate surface area is 154 Å². The van der Waals surface area contributed by atoms with Crippen LogP contribution in [0.5, 0.6) is 5.75 Å². The zero-order valence-corrected chi connectivity index (χ0v) is 14.9. The van der Waals surface area contributed by atoms with Gasteiger partial charge >= 0.3 is 0 Å². The van der Waals surface area contributed by atoms with Crippen molar-refractivity contribution in [3.05, 3.63) is 62.8 Å². The molecule has 0 unspecified atom stereocenters. The highest BCUT2D eigenvalue weighted by atomic mass is 35.5. The number of nitro groups is 1. The molecule has 2 N–H and O–H groups in total. The fraction of sp³-hybridized carbons (Fsp3) is 0.167. The molecular weight excluding hydrogens is 358 g/mol. The van der Waals surface area contributed by atoms with Crippen LogP contribution in [0.2, 0.25) is 5.02 Å². The average Bonchev–Trinajstić information content (AvgIpc) is 2.88. The summed E-state index contributed by atoms with van der Waals surface area (Å²) in [5, 5.41) is 24.8. The van der Waals surface area contributed by atoms with E-state index in [4.69, 9.17) is 11.6 Å². The Hall–Kier alpha value is -3.06. The van der Waals surface area contributed by atoms with Crippen molar-refractivity contribution in [1.29, 1.82) is 0 Å². The number of anilines is 1. The van der Waals surface area contributed by atoms with Crippen molar-refractivity contribution in [1.82, 2.24) is 4.57 Å². The predicted molar refractivity (Wildman–Crippen MR) is 100 cm³/mol. The first-order valence-electron chi connectivity index (χ1n) is 7.90. The Kier molecular flexibility index (Phi) is 4.56. The van der Waals surface area contributed by atoms with E-state index in [1.807, 2.05) is 24.5 Å². The molecule has 0 aliphatic heterocycles. The van der Waals surface area contributed by atoms with Gasteiger partial charge in [-0.2, -0.15) is 0 Å². The number of aromatic nitrogens is 1. The molecule has 8 heteroatoms. The highest BCUT2D eigenvalue weighted by Gasteiger charge is 2.21. The lowest BCUT2D eigenvalue weighted by molar-refractivity contribution is -0.384. The Balaban J connectivity index is 2.07. The molecule has 26 heavy (non-hydrogen) atoms. The number of fused-ring (bicyclic) bond motifs is 1. The maximum atomic E-state index is 12.9. The maximum absolute atomic E-state index is 12.9. The van der Waals surface area contributed by atoms with Crippen molar-refractivity contribution in [2.45, 2.75) is 20.4 Å². The summed E-state index contributed by atoms with van der Waals surface area (Å²) in [5.41, 5.74) is 1.78. The SMILES string of the molecule is CCn1c(C(=O)Nc2cc([N+](=O)[O-])ccc2O)c(C)c2cc(Cl)ccc21. The van der Waals surface area contributed by atoms with Gasteiger partial charge in [0, 0.05) is 34.6 Å². The Morgan fingerprint density at radius 3 is 2.69 bits per heavy atom. The summed E-state index contributed by atoms with van der Waals surface area (Å²) in [4.78, 5) is 23.2. The van der Waals surface area contributed by atoms with Crippen LogP contribution in [-0.4, -0.2) is 20.5 Å². The molecule has 0 saturated carbocycles. The van der Waals surface area contributed by atoms with Crippen molar-refractivity contribution < 1.29 is 14.8 Å². The number of aromatic hydroxyl groups is 1. The Morgan fingerprint density at radius 2 is 2.04 bits per heavy atom. The molecule has 3 rings (SSSR count). The number of rotatable bonds is 4. The largest absolute Gasteiger partial charge is 0.506 e. The third-order valence-electron chi connectivity index (χ3n) is 4.25. The highest BCUT2D eigenvalue weighted by molar-refractivity contribution is 6.31. The predicted octanol–water partition coefficient (Wildman–Crippen LogP) is 4.49. The minimum absolute atomic E-state index is 0.0189. The van der Waals surface area contributed by atoms with E-state index in [9.17, 15) is 20.0 Å². The highest BCUT2D eigenvalue weighted by Crippen LogP contribution is 2.31. The maximum Gasteiger partial charge on any atom is 0.272 e. The van der Waals surface area contributed by atoms with E-state index < -0.39 is 10.8 Å². The number of amides is 1. The van der Waals surface area contributed by atoms with Crippen LogP contribution < -0.4 is 5.32 Å². The zero-order valence-electron chi connectivity index (χ0n) is 14.1. The summed E-state index contributed by atoms with van der Waals surface area (Å²) < 4.78 is 1.84. The Morgan fingerprint density at radius 1 is 1.31 bits per heavy atom. The lowest BCUT2D eigenvalue weighted by Gasteiger charge is -2.11. The number of hydrogen-bond donors (Lipinski definition) is 2. The summed E-state index contributed by atoms with van der Waals surface area (Å²) in [6.45, 7) is 4.28. The minimum atomic E-state index is -0.592. The van der Waals surface area contributed by atoms with Crippen LogP contribution in [-0.2, 0) is 6.54 Å². The van der Waals surface area contributed by atoms with Crippen molar-refractivity contribution in [3.63, 3.8) is 0 Å². The summed E-state index contributed by atoms with van der Waals surface area (Å²) in [7, 11) is 0. The summed E-state index contributed by atoms with van der Waals surface area (Å²) >= 11 is 6.07. The molecular formula is C18H16ClN3O4. The van der Waals surface area contributed by atoms with Gasteiger partial charge in [-0.05, 0) is 43.7 Å². The van der Waals surface area contributed by atoms with Crippen LogP contribution in [0, 0.1) is 17.0 Å². The lowest BCUT2D eigenvalue weighted by Crippen LogP contribution is -2.18. The van der Waals surface area contributed by atoms with Gasteiger partial charge in [0.05, 0.1) is 10.6 Å². The summed E-state index contributed by atoms with van der Waals surface area (Å²) in [6, 6.07) is 8.86. The number of phenolic OH excluding ortho intramolecular Hbond substituents is 1. The van der Waals surface area contributed by atoms with E-state index in [1.165, 1.54) is 12.1 Å². The van der Waals surface area contributed by atoms with Crippen LogP contribution in [0.4, 0.5) is 11.4 Å². The van der Waals surface area contributed by atoms with Crippen LogP contribution in [0.3, 0.4) is 0 Å². The monoisotopic (exact) mass is 373 g/mol. The molecule has 0 fully saturated rings. The van der Waals surface area contributed by atoms with Gasteiger partial charge in [0.1, 0.15) is 11.4 Å². The number of carbonyl (C=O) groups excluding carboxylic acids is 1. The van der Waals surface area contributed by atoms with E-state index in [0.29, 0.717) is 17.3 Å². The third-order valence-corrected chi connectivity index (χ3v) is 4.48. The number of benzene rings is 2. The van der Waals surface area contributed by atoms with E-state index in [-0.39, 0.29) is 17.1 Å². The number of halogens is 1. The van der Waals surface area contributed by atoms with Crippen molar-refractivity contribution >= 4 is 39.8 Å². The average molecular weight is 374 g/mol. The van der Waals surface area contributed by atoms with Crippen molar-refractivity contribution in [2.24, 2.45) is 0 Å². The first-order valence-corrected chi connectivity index (χ1v) is 8.28. The molecule has 134 valence electrons. The van der Waals surface area contributed by atoms with Crippen LogP contribution >= 0.6 is 11.6 Å². The van der Waals surface area contributed by atoms with Crippen LogP contribution in [0.25, 0.3) is 10.9 Å². The van der Waals surface area contributed by atoms with Gasteiger partial charge < -0.3 is 15.0 Å². The summed E-state index contributed by atoms with van der Waals surface area (Å²) in [6.07, 6.45) is 0. The number of nitrogens with zero attached hydrogens (tertiary/aromatic N) is 2. The first-order chi connectivity index (χ1) is 12.3. The number of nitro benzene ring substituents is 1. The second-order valence-corrected chi connectivity index (χ2v) is 6.23. The molecule has 0 aliphatic carbocycles. The standard InChI is InChI=1S/C18H16ClN3O4/c1-3-21-15-6-4-11(19)8-13(15)10(2)17(21)18(24)20-14-9-12(22(25)26)5-7-16(14)23/h4-9,23H,3H2,1-2H3,(H,20,24). The Bertz CT molecular complexity index is 1040. The molecule has 3 aromatic rings. The van der Waals surface area contributed by atoms with Gasteiger partial charge in [-0.15, -0.1) is 0 Å². The number of nitrogens with one attached hydrogen (secondary N) is 1.